The van der Waals surface area contributed by atoms with Crippen LogP contribution in [0.3, 0.4) is 0 Å². The number of hydrogen-bond acceptors (Lipinski definition) is 4. The summed E-state index contributed by atoms with van der Waals surface area (Å²) in [7, 11) is 1.63. The highest BCUT2D eigenvalue weighted by Gasteiger charge is 2.12. The molecule has 2 aromatic carbocycles. The van der Waals surface area contributed by atoms with Crippen molar-refractivity contribution in [3.8, 4) is 22.6 Å². The Bertz CT molecular complexity index is 723. The van der Waals surface area contributed by atoms with Crippen LogP contribution in [0.1, 0.15) is 49.4 Å². The molecule has 0 bridgehead atoms. The monoisotopic (exact) mass is 353 g/mol. The molecular formula is C22H27NO3. The molecule has 0 atom stereocenters. The first kappa shape index (κ1) is 19.7. The number of hydrogen-bond donors (Lipinski definition) is 1. The van der Waals surface area contributed by atoms with Crippen LogP contribution < -0.4 is 9.47 Å². The van der Waals surface area contributed by atoms with E-state index in [0.717, 1.165) is 66.7 Å². The largest absolute Gasteiger partial charge is 0.497 e. The zero-order valence-corrected chi connectivity index (χ0v) is 15.6. The number of methoxy groups -OCH3 is 1. The molecule has 0 unspecified atom stereocenters. The third kappa shape index (κ3) is 5.45. The zero-order valence-electron chi connectivity index (χ0n) is 15.6. The van der Waals surface area contributed by atoms with Crippen LogP contribution in [-0.2, 0) is 0 Å². The van der Waals surface area contributed by atoms with Gasteiger partial charge in [0.2, 0.25) is 0 Å². The summed E-state index contributed by atoms with van der Waals surface area (Å²) in [6.45, 7) is 2.62. The van der Waals surface area contributed by atoms with Crippen LogP contribution in [0.4, 0.5) is 0 Å². The minimum absolute atomic E-state index is 0.602. The summed E-state index contributed by atoms with van der Waals surface area (Å²) in [5.41, 5.74) is 3.17. The predicted molar refractivity (Wildman–Crippen MR) is 106 cm³/mol. The van der Waals surface area contributed by atoms with Gasteiger partial charge in [-0.25, -0.2) is 0 Å². The fourth-order valence-corrected chi connectivity index (χ4v) is 2.81. The Labute approximate surface area is 155 Å². The number of ether oxygens (including phenoxy) is 2. The van der Waals surface area contributed by atoms with Gasteiger partial charge in [0.25, 0.3) is 0 Å². The highest BCUT2D eigenvalue weighted by atomic mass is 16.5. The maximum atomic E-state index is 11.5. The minimum atomic E-state index is 0.602. The van der Waals surface area contributed by atoms with Crippen molar-refractivity contribution in [2.45, 2.75) is 39.0 Å². The Morgan fingerprint density at radius 2 is 1.85 bits per heavy atom. The van der Waals surface area contributed by atoms with E-state index in [4.69, 9.17) is 14.9 Å². The van der Waals surface area contributed by atoms with Crippen LogP contribution in [-0.4, -0.2) is 25.7 Å². The summed E-state index contributed by atoms with van der Waals surface area (Å²) in [4.78, 5) is 11.5. The molecule has 0 heterocycles. The molecule has 26 heavy (non-hydrogen) atoms. The lowest BCUT2D eigenvalue weighted by Crippen LogP contribution is -2.01. The lowest BCUT2D eigenvalue weighted by Gasteiger charge is -2.14. The van der Waals surface area contributed by atoms with E-state index in [1.165, 1.54) is 0 Å². The van der Waals surface area contributed by atoms with E-state index in [1.54, 1.807) is 13.2 Å². The number of carbonyl (C=O) groups is 1. The average molecular weight is 353 g/mol. The molecule has 2 aromatic rings. The van der Waals surface area contributed by atoms with Crippen LogP contribution in [0.15, 0.2) is 42.5 Å². The van der Waals surface area contributed by atoms with Crippen LogP contribution in [0.5, 0.6) is 11.5 Å². The quantitative estimate of drug-likeness (QED) is 0.327. The van der Waals surface area contributed by atoms with Gasteiger partial charge in [0, 0.05) is 16.8 Å². The van der Waals surface area contributed by atoms with E-state index in [1.807, 2.05) is 43.3 Å². The maximum absolute atomic E-state index is 11.5. The van der Waals surface area contributed by atoms with E-state index < -0.39 is 0 Å². The lowest BCUT2D eigenvalue weighted by molar-refractivity contribution is 0.112. The van der Waals surface area contributed by atoms with Gasteiger partial charge in [0.05, 0.1) is 13.7 Å². The van der Waals surface area contributed by atoms with Crippen molar-refractivity contribution in [2.75, 3.05) is 13.7 Å². The smallest absolute Gasteiger partial charge is 0.150 e. The van der Waals surface area contributed by atoms with E-state index in [0.29, 0.717) is 12.2 Å². The summed E-state index contributed by atoms with van der Waals surface area (Å²) in [6.07, 6.45) is 5.56. The molecular weight excluding hydrogens is 326 g/mol. The molecule has 4 nitrogen and oxygen atoms in total. The summed E-state index contributed by atoms with van der Waals surface area (Å²) < 4.78 is 11.2. The molecule has 0 aliphatic heterocycles. The SMILES string of the molecule is CCC(=N)CCCCCOc1cccc(C=O)c1-c1ccc(OC)cc1. The number of benzene rings is 2. The molecule has 0 spiro atoms. The number of carbonyl (C=O) groups excluding carboxylic acids is 1. The average Bonchev–Trinajstić information content (AvgIpc) is 2.70. The second-order valence-electron chi connectivity index (χ2n) is 6.18. The summed E-state index contributed by atoms with van der Waals surface area (Å²) in [5, 5.41) is 7.68. The van der Waals surface area contributed by atoms with E-state index in [9.17, 15) is 4.79 Å². The molecule has 0 aliphatic rings. The Hall–Kier alpha value is -2.62. The summed E-state index contributed by atoms with van der Waals surface area (Å²) >= 11 is 0. The van der Waals surface area contributed by atoms with Gasteiger partial charge >= 0.3 is 0 Å². The number of aldehydes is 1. The van der Waals surface area contributed by atoms with Crippen LogP contribution in [0.2, 0.25) is 0 Å². The summed E-state index contributed by atoms with van der Waals surface area (Å²) in [6, 6.07) is 13.2. The van der Waals surface area contributed by atoms with Crippen LogP contribution in [0.25, 0.3) is 11.1 Å². The standard InChI is InChI=1S/C22H27NO3/c1-3-19(23)9-5-4-6-15-26-21-10-7-8-18(16-24)22(21)17-11-13-20(25-2)14-12-17/h7-8,10-14,16,23H,3-6,9,15H2,1-2H3. The highest BCUT2D eigenvalue weighted by Crippen LogP contribution is 2.34. The topological polar surface area (TPSA) is 59.4 Å². The minimum Gasteiger partial charge on any atom is -0.497 e. The van der Waals surface area contributed by atoms with Crippen molar-refractivity contribution in [1.82, 2.24) is 0 Å². The fraction of sp³-hybridized carbons (Fsp3) is 0.364. The van der Waals surface area contributed by atoms with Crippen molar-refractivity contribution in [3.05, 3.63) is 48.0 Å². The Balaban J connectivity index is 2.04. The van der Waals surface area contributed by atoms with Crippen LogP contribution >= 0.6 is 0 Å². The van der Waals surface area contributed by atoms with Gasteiger partial charge in [-0.2, -0.15) is 0 Å². The molecule has 0 saturated heterocycles. The molecule has 0 radical (unpaired) electrons. The molecule has 0 saturated carbocycles. The first-order valence-corrected chi connectivity index (χ1v) is 9.11. The molecule has 138 valence electrons. The lowest BCUT2D eigenvalue weighted by atomic mass is 9.99. The van der Waals surface area contributed by atoms with Crippen molar-refractivity contribution in [1.29, 1.82) is 5.41 Å². The van der Waals surface area contributed by atoms with Gasteiger partial charge < -0.3 is 14.9 Å². The first-order chi connectivity index (χ1) is 12.7. The molecule has 0 aliphatic carbocycles. The van der Waals surface area contributed by atoms with Crippen molar-refractivity contribution in [2.24, 2.45) is 0 Å². The Kier molecular flexibility index (Phi) is 7.87. The number of nitrogens with one attached hydrogen (secondary N) is 1. The van der Waals surface area contributed by atoms with Gasteiger partial charge in [-0.15, -0.1) is 0 Å². The van der Waals surface area contributed by atoms with Crippen molar-refractivity contribution >= 4 is 12.0 Å². The van der Waals surface area contributed by atoms with E-state index in [2.05, 4.69) is 0 Å². The number of rotatable bonds is 11. The molecule has 0 amide bonds. The second-order valence-corrected chi connectivity index (χ2v) is 6.18. The van der Waals surface area contributed by atoms with Crippen molar-refractivity contribution < 1.29 is 14.3 Å². The third-order valence-electron chi connectivity index (χ3n) is 4.37. The maximum Gasteiger partial charge on any atom is 0.150 e. The second kappa shape index (κ2) is 10.4. The zero-order chi connectivity index (χ0) is 18.8. The Morgan fingerprint density at radius 3 is 2.50 bits per heavy atom. The van der Waals surface area contributed by atoms with Gasteiger partial charge in [-0.1, -0.05) is 31.2 Å². The fourth-order valence-electron chi connectivity index (χ4n) is 2.81. The highest BCUT2D eigenvalue weighted by molar-refractivity contribution is 5.90. The van der Waals surface area contributed by atoms with Gasteiger partial charge in [0.1, 0.15) is 11.5 Å². The van der Waals surface area contributed by atoms with Gasteiger partial charge in [0.15, 0.2) is 6.29 Å². The summed E-state index contributed by atoms with van der Waals surface area (Å²) in [5.74, 6) is 1.50. The molecule has 0 aromatic heterocycles. The Morgan fingerprint density at radius 1 is 1.08 bits per heavy atom. The molecule has 4 heteroatoms. The van der Waals surface area contributed by atoms with E-state index >= 15 is 0 Å². The van der Waals surface area contributed by atoms with Gasteiger partial charge in [-0.3, -0.25) is 4.79 Å². The molecule has 2 rings (SSSR count). The number of unbranched alkanes of at least 4 members (excludes halogenated alkanes) is 2. The normalized spacial score (nSPS) is 10.4. The van der Waals surface area contributed by atoms with E-state index in [-0.39, 0.29) is 0 Å². The van der Waals surface area contributed by atoms with Crippen molar-refractivity contribution in [3.63, 3.8) is 0 Å². The molecule has 1 N–H and O–H groups in total. The first-order valence-electron chi connectivity index (χ1n) is 9.11. The van der Waals surface area contributed by atoms with Crippen LogP contribution in [0, 0.1) is 5.41 Å². The predicted octanol–water partition coefficient (Wildman–Crippen LogP) is 5.54. The third-order valence-corrected chi connectivity index (χ3v) is 4.37. The molecule has 0 fully saturated rings. The van der Waals surface area contributed by atoms with Gasteiger partial charge in [-0.05, 0) is 55.9 Å².